The molecule has 1 aromatic carbocycles. The minimum atomic E-state index is -0.351. The van der Waals surface area contributed by atoms with E-state index >= 15 is 0 Å². The van der Waals surface area contributed by atoms with E-state index in [1.807, 2.05) is 12.1 Å². The molecule has 2 aromatic rings. The second-order valence-corrected chi connectivity index (χ2v) is 3.78. The Morgan fingerprint density at radius 2 is 2.32 bits per heavy atom. The predicted molar refractivity (Wildman–Crippen MR) is 70.3 cm³/mol. The number of hydrogen-bond donors (Lipinski definition) is 2. The van der Waals surface area contributed by atoms with Crippen LogP contribution in [0.4, 0.5) is 5.69 Å². The van der Waals surface area contributed by atoms with Crippen molar-refractivity contribution in [2.45, 2.75) is 0 Å². The maximum Gasteiger partial charge on any atom is 0.258 e. The number of carbonyl (C=O) groups excluding carboxylic acids is 1. The van der Waals surface area contributed by atoms with E-state index in [1.165, 1.54) is 0 Å². The quantitative estimate of drug-likeness (QED) is 0.623. The van der Waals surface area contributed by atoms with E-state index in [9.17, 15) is 4.79 Å². The van der Waals surface area contributed by atoms with Crippen molar-refractivity contribution in [2.75, 3.05) is 18.9 Å². The molecule has 19 heavy (non-hydrogen) atoms. The van der Waals surface area contributed by atoms with Gasteiger partial charge >= 0.3 is 0 Å². The number of nitriles is 1. The number of hydrogen-bond acceptors (Lipinski definition) is 5. The second-order valence-electron chi connectivity index (χ2n) is 3.78. The Balaban J connectivity index is 2.16. The van der Waals surface area contributed by atoms with Gasteiger partial charge in [0.25, 0.3) is 5.91 Å². The number of carbonyl (C=O) groups is 1. The first kappa shape index (κ1) is 12.6. The standard InChI is InChI=1S/C13H12N4O2/c14-5-7-16-12(18)8-19-11-4-3-10(15)13-9(11)2-1-6-17-13/h1-4,6H,7-8,15H2,(H,16,18). The first-order valence-electron chi connectivity index (χ1n) is 5.62. The van der Waals surface area contributed by atoms with Crippen LogP contribution in [-0.2, 0) is 4.79 Å². The van der Waals surface area contributed by atoms with Gasteiger partial charge < -0.3 is 15.8 Å². The van der Waals surface area contributed by atoms with Crippen molar-refractivity contribution < 1.29 is 9.53 Å². The van der Waals surface area contributed by atoms with Gasteiger partial charge in [-0.1, -0.05) is 0 Å². The van der Waals surface area contributed by atoms with E-state index < -0.39 is 0 Å². The number of nitrogens with zero attached hydrogens (tertiary/aromatic N) is 2. The molecule has 0 atom stereocenters. The molecule has 1 heterocycles. The molecule has 0 saturated carbocycles. The van der Waals surface area contributed by atoms with Crippen molar-refractivity contribution in [2.24, 2.45) is 0 Å². The van der Waals surface area contributed by atoms with Gasteiger partial charge in [0.05, 0.1) is 17.3 Å². The van der Waals surface area contributed by atoms with Crippen LogP contribution < -0.4 is 15.8 Å². The molecule has 0 radical (unpaired) electrons. The van der Waals surface area contributed by atoms with E-state index in [1.54, 1.807) is 24.4 Å². The lowest BCUT2D eigenvalue weighted by molar-refractivity contribution is -0.122. The Morgan fingerprint density at radius 1 is 1.47 bits per heavy atom. The number of nitrogens with one attached hydrogen (secondary N) is 1. The van der Waals surface area contributed by atoms with Crippen molar-refractivity contribution in [1.29, 1.82) is 5.26 Å². The van der Waals surface area contributed by atoms with Crippen LogP contribution in [0.1, 0.15) is 0 Å². The van der Waals surface area contributed by atoms with Crippen molar-refractivity contribution >= 4 is 22.5 Å². The zero-order valence-corrected chi connectivity index (χ0v) is 10.1. The molecular weight excluding hydrogens is 244 g/mol. The van der Waals surface area contributed by atoms with Crippen LogP contribution >= 0.6 is 0 Å². The molecule has 96 valence electrons. The zero-order chi connectivity index (χ0) is 13.7. The summed E-state index contributed by atoms with van der Waals surface area (Å²) in [5.74, 6) is 0.180. The molecule has 1 aromatic heterocycles. The Kier molecular flexibility index (Phi) is 3.78. The summed E-state index contributed by atoms with van der Waals surface area (Å²) in [5.41, 5.74) is 7.00. The fourth-order valence-electron chi connectivity index (χ4n) is 1.63. The summed E-state index contributed by atoms with van der Waals surface area (Å²) in [6.45, 7) is -0.193. The molecule has 0 fully saturated rings. The summed E-state index contributed by atoms with van der Waals surface area (Å²) >= 11 is 0. The monoisotopic (exact) mass is 256 g/mol. The third kappa shape index (κ3) is 2.90. The molecule has 6 nitrogen and oxygen atoms in total. The lowest BCUT2D eigenvalue weighted by Crippen LogP contribution is -2.29. The van der Waals surface area contributed by atoms with Gasteiger partial charge in [-0.2, -0.15) is 5.26 Å². The van der Waals surface area contributed by atoms with Gasteiger partial charge in [0.2, 0.25) is 0 Å². The van der Waals surface area contributed by atoms with Crippen molar-refractivity contribution in [3.63, 3.8) is 0 Å². The van der Waals surface area contributed by atoms with Crippen molar-refractivity contribution in [3.8, 4) is 11.8 Å². The maximum absolute atomic E-state index is 11.4. The lowest BCUT2D eigenvalue weighted by Gasteiger charge is -2.09. The zero-order valence-electron chi connectivity index (χ0n) is 10.1. The van der Waals surface area contributed by atoms with E-state index in [0.29, 0.717) is 17.0 Å². The summed E-state index contributed by atoms with van der Waals surface area (Å²) in [7, 11) is 0. The molecule has 0 aliphatic heterocycles. The summed E-state index contributed by atoms with van der Waals surface area (Å²) in [5, 5.41) is 11.5. The number of pyridine rings is 1. The summed E-state index contributed by atoms with van der Waals surface area (Å²) in [6.07, 6.45) is 1.64. The fraction of sp³-hybridized carbons (Fsp3) is 0.154. The van der Waals surface area contributed by atoms with Crippen LogP contribution in [0.3, 0.4) is 0 Å². The normalized spacial score (nSPS) is 9.84. The molecule has 2 rings (SSSR count). The number of benzene rings is 1. The van der Waals surface area contributed by atoms with E-state index in [4.69, 9.17) is 15.7 Å². The average Bonchev–Trinajstić information content (AvgIpc) is 2.45. The molecule has 3 N–H and O–H groups in total. The largest absolute Gasteiger partial charge is 0.483 e. The van der Waals surface area contributed by atoms with Gasteiger partial charge in [-0.25, -0.2) is 0 Å². The highest BCUT2D eigenvalue weighted by atomic mass is 16.5. The number of aromatic nitrogens is 1. The van der Waals surface area contributed by atoms with Crippen LogP contribution in [0.2, 0.25) is 0 Å². The topological polar surface area (TPSA) is 101 Å². The predicted octanol–water partition coefficient (Wildman–Crippen LogP) is 0.836. The fourth-order valence-corrected chi connectivity index (χ4v) is 1.63. The molecule has 0 saturated heterocycles. The smallest absolute Gasteiger partial charge is 0.258 e. The number of anilines is 1. The summed E-state index contributed by atoms with van der Waals surface area (Å²) in [4.78, 5) is 15.5. The van der Waals surface area contributed by atoms with Gasteiger partial charge in [-0.3, -0.25) is 9.78 Å². The molecule has 0 aliphatic carbocycles. The highest BCUT2D eigenvalue weighted by Gasteiger charge is 2.07. The molecule has 0 bridgehead atoms. The van der Waals surface area contributed by atoms with Crippen LogP contribution in [0, 0.1) is 11.3 Å². The van der Waals surface area contributed by atoms with Crippen LogP contribution in [0.25, 0.3) is 10.9 Å². The molecule has 0 aliphatic rings. The first-order chi connectivity index (χ1) is 9.22. The number of ether oxygens (including phenoxy) is 1. The third-order valence-electron chi connectivity index (χ3n) is 2.48. The summed E-state index contributed by atoms with van der Waals surface area (Å²) in [6, 6.07) is 8.78. The Hall–Kier alpha value is -2.81. The number of amides is 1. The number of nitrogen functional groups attached to an aromatic ring is 1. The Morgan fingerprint density at radius 3 is 3.11 bits per heavy atom. The van der Waals surface area contributed by atoms with Crippen LogP contribution in [0.5, 0.6) is 5.75 Å². The minimum Gasteiger partial charge on any atom is -0.483 e. The van der Waals surface area contributed by atoms with E-state index in [0.717, 1.165) is 5.39 Å². The van der Waals surface area contributed by atoms with Crippen molar-refractivity contribution in [3.05, 3.63) is 30.5 Å². The molecule has 6 heteroatoms. The minimum absolute atomic E-state index is 0.0355. The second kappa shape index (κ2) is 5.69. The van der Waals surface area contributed by atoms with Gasteiger partial charge in [0, 0.05) is 11.6 Å². The van der Waals surface area contributed by atoms with E-state index in [-0.39, 0.29) is 19.1 Å². The van der Waals surface area contributed by atoms with Gasteiger partial charge in [0.1, 0.15) is 12.3 Å². The van der Waals surface area contributed by atoms with Gasteiger partial charge in [-0.15, -0.1) is 0 Å². The first-order valence-corrected chi connectivity index (χ1v) is 5.62. The molecule has 0 unspecified atom stereocenters. The molecule has 1 amide bonds. The van der Waals surface area contributed by atoms with Gasteiger partial charge in [-0.05, 0) is 24.3 Å². The number of nitrogens with two attached hydrogens (primary N) is 1. The SMILES string of the molecule is N#CCNC(=O)COc1ccc(N)c2ncccc12. The third-order valence-corrected chi connectivity index (χ3v) is 2.48. The Labute approximate surface area is 109 Å². The average molecular weight is 256 g/mol. The van der Waals surface area contributed by atoms with Crippen LogP contribution in [0.15, 0.2) is 30.5 Å². The highest BCUT2D eigenvalue weighted by molar-refractivity contribution is 5.94. The van der Waals surface area contributed by atoms with Crippen LogP contribution in [-0.4, -0.2) is 24.0 Å². The highest BCUT2D eigenvalue weighted by Crippen LogP contribution is 2.28. The Bertz CT molecular complexity index is 649. The van der Waals surface area contributed by atoms with E-state index in [2.05, 4.69) is 10.3 Å². The summed E-state index contributed by atoms with van der Waals surface area (Å²) < 4.78 is 5.42. The number of fused-ring (bicyclic) bond motifs is 1. The van der Waals surface area contributed by atoms with Crippen molar-refractivity contribution in [1.82, 2.24) is 10.3 Å². The lowest BCUT2D eigenvalue weighted by atomic mass is 10.2. The number of rotatable bonds is 4. The maximum atomic E-state index is 11.4. The molecule has 0 spiro atoms. The molecular formula is C13H12N4O2. The van der Waals surface area contributed by atoms with Gasteiger partial charge in [0.15, 0.2) is 6.61 Å².